The van der Waals surface area contributed by atoms with Crippen LogP contribution < -0.4 is 0 Å². The zero-order valence-corrected chi connectivity index (χ0v) is 12.8. The molecule has 0 aliphatic carbocycles. The molecule has 3 rings (SSSR count). The normalized spacial score (nSPS) is 23.3. The third-order valence-electron chi connectivity index (χ3n) is 3.83. The van der Waals surface area contributed by atoms with Crippen LogP contribution >= 0.6 is 36.4 Å². The molecule has 1 atom stereocenters. The number of hydrogen-bond acceptors (Lipinski definition) is 2. The highest BCUT2D eigenvalue weighted by atomic mass is 35.5. The minimum absolute atomic E-state index is 0. The van der Waals surface area contributed by atoms with Gasteiger partial charge in [-0.25, -0.2) is 0 Å². The first-order valence-electron chi connectivity index (χ1n) is 5.95. The molecule has 2 heterocycles. The molecule has 18 heavy (non-hydrogen) atoms. The zero-order chi connectivity index (χ0) is 11.1. The van der Waals surface area contributed by atoms with E-state index in [4.69, 9.17) is 11.6 Å². The first-order valence-corrected chi connectivity index (χ1v) is 6.33. The Morgan fingerprint density at radius 3 is 2.72 bits per heavy atom. The second kappa shape index (κ2) is 6.44. The fourth-order valence-corrected chi connectivity index (χ4v) is 3.07. The number of likely N-dealkylation sites (N-methyl/N-ethyl adjacent to an activating group) is 1. The van der Waals surface area contributed by atoms with Crippen molar-refractivity contribution in [1.29, 1.82) is 0 Å². The Hall–Kier alpha value is 0.01000. The topological polar surface area (TPSA) is 6.48 Å². The summed E-state index contributed by atoms with van der Waals surface area (Å²) < 4.78 is 0. The van der Waals surface area contributed by atoms with Gasteiger partial charge in [0.05, 0.1) is 0 Å². The number of benzene rings is 1. The molecule has 1 aromatic rings. The van der Waals surface area contributed by atoms with Crippen molar-refractivity contribution < 1.29 is 0 Å². The van der Waals surface area contributed by atoms with Crippen LogP contribution in [0.1, 0.15) is 17.2 Å². The third kappa shape index (κ3) is 2.94. The summed E-state index contributed by atoms with van der Waals surface area (Å²) in [6.45, 7) is 4.71. The molecule has 0 saturated carbocycles. The maximum Gasteiger partial charge on any atom is 0.0479 e. The summed E-state index contributed by atoms with van der Waals surface area (Å²) in [6.07, 6.45) is 1.17. The molecule has 0 aromatic heterocycles. The third-order valence-corrected chi connectivity index (χ3v) is 4.06. The number of piperazine rings is 1. The largest absolute Gasteiger partial charge is 0.303 e. The Balaban J connectivity index is 0.000000810. The predicted molar refractivity (Wildman–Crippen MR) is 81.5 cm³/mol. The van der Waals surface area contributed by atoms with Crippen LogP contribution in [0.15, 0.2) is 18.2 Å². The van der Waals surface area contributed by atoms with Gasteiger partial charge < -0.3 is 4.90 Å². The van der Waals surface area contributed by atoms with Crippen molar-refractivity contribution in [2.75, 3.05) is 33.2 Å². The lowest BCUT2D eigenvalue weighted by Gasteiger charge is -2.43. The number of hydrogen-bond donors (Lipinski definition) is 0. The van der Waals surface area contributed by atoms with Crippen molar-refractivity contribution in [2.45, 2.75) is 12.5 Å². The van der Waals surface area contributed by atoms with E-state index in [0.29, 0.717) is 6.04 Å². The van der Waals surface area contributed by atoms with E-state index in [-0.39, 0.29) is 24.8 Å². The van der Waals surface area contributed by atoms with E-state index in [9.17, 15) is 0 Å². The van der Waals surface area contributed by atoms with Crippen molar-refractivity contribution in [3.05, 3.63) is 34.3 Å². The van der Waals surface area contributed by atoms with E-state index in [1.54, 1.807) is 0 Å². The molecule has 0 amide bonds. The molecule has 1 aromatic carbocycles. The molecule has 1 saturated heterocycles. The summed E-state index contributed by atoms with van der Waals surface area (Å²) in [4.78, 5) is 5.01. The van der Waals surface area contributed by atoms with Crippen LogP contribution in [0.5, 0.6) is 0 Å². The second-order valence-corrected chi connectivity index (χ2v) is 5.34. The van der Waals surface area contributed by atoms with Crippen molar-refractivity contribution in [3.8, 4) is 0 Å². The average molecular weight is 310 g/mol. The van der Waals surface area contributed by atoms with Gasteiger partial charge in [-0.2, -0.15) is 0 Å². The van der Waals surface area contributed by atoms with E-state index in [1.807, 2.05) is 6.07 Å². The van der Waals surface area contributed by atoms with Crippen LogP contribution in [0.3, 0.4) is 0 Å². The molecule has 0 radical (unpaired) electrons. The average Bonchev–Trinajstić information content (AvgIpc) is 2.29. The Labute approximate surface area is 126 Å². The summed E-state index contributed by atoms with van der Waals surface area (Å²) in [5.74, 6) is 0. The lowest BCUT2D eigenvalue weighted by Crippen LogP contribution is -2.49. The SMILES string of the molecule is CN1CCN2CCc3ccc(Cl)cc3C2C1.Cl.Cl. The Kier molecular flexibility index (Phi) is 5.75. The molecule has 1 fully saturated rings. The van der Waals surface area contributed by atoms with Crippen molar-refractivity contribution in [2.24, 2.45) is 0 Å². The van der Waals surface area contributed by atoms with Crippen molar-refractivity contribution in [3.63, 3.8) is 0 Å². The maximum atomic E-state index is 6.11. The fourth-order valence-electron chi connectivity index (χ4n) is 2.89. The number of fused-ring (bicyclic) bond motifs is 3. The van der Waals surface area contributed by atoms with Gasteiger partial charge in [-0.15, -0.1) is 24.8 Å². The summed E-state index contributed by atoms with van der Waals surface area (Å²) in [5.41, 5.74) is 2.94. The second-order valence-electron chi connectivity index (χ2n) is 4.91. The van der Waals surface area contributed by atoms with Gasteiger partial charge in [0.15, 0.2) is 0 Å². The molecule has 5 heteroatoms. The van der Waals surface area contributed by atoms with E-state index < -0.39 is 0 Å². The van der Waals surface area contributed by atoms with Gasteiger partial charge >= 0.3 is 0 Å². The first kappa shape index (κ1) is 16.1. The fraction of sp³-hybridized carbons (Fsp3) is 0.538. The van der Waals surface area contributed by atoms with Gasteiger partial charge in [-0.05, 0) is 36.7 Å². The van der Waals surface area contributed by atoms with Crippen LogP contribution in [0.25, 0.3) is 0 Å². The quantitative estimate of drug-likeness (QED) is 0.727. The van der Waals surface area contributed by atoms with E-state index >= 15 is 0 Å². The van der Waals surface area contributed by atoms with Gasteiger partial charge in [0, 0.05) is 37.2 Å². The summed E-state index contributed by atoms with van der Waals surface area (Å²) in [6, 6.07) is 6.93. The van der Waals surface area contributed by atoms with Crippen LogP contribution in [0, 0.1) is 0 Å². The maximum absolute atomic E-state index is 6.11. The van der Waals surface area contributed by atoms with Gasteiger partial charge in [-0.3, -0.25) is 4.90 Å². The molecule has 0 spiro atoms. The number of nitrogens with zero attached hydrogens (tertiary/aromatic N) is 2. The van der Waals surface area contributed by atoms with Gasteiger partial charge in [0.2, 0.25) is 0 Å². The lowest BCUT2D eigenvalue weighted by atomic mass is 9.91. The van der Waals surface area contributed by atoms with E-state index in [2.05, 4.69) is 29.0 Å². The van der Waals surface area contributed by atoms with Crippen molar-refractivity contribution >= 4 is 36.4 Å². The van der Waals surface area contributed by atoms with E-state index in [0.717, 1.165) is 11.6 Å². The monoisotopic (exact) mass is 308 g/mol. The minimum Gasteiger partial charge on any atom is -0.303 e. The molecule has 2 aliphatic rings. The first-order chi connectivity index (χ1) is 7.74. The standard InChI is InChI=1S/C13H17ClN2.2ClH/c1-15-6-7-16-5-4-10-2-3-11(14)8-12(10)13(16)9-15;;/h2-3,8,13H,4-7,9H2,1H3;2*1H. The number of halogens is 3. The molecular formula is C13H19Cl3N2. The van der Waals surface area contributed by atoms with Crippen LogP contribution in [-0.2, 0) is 6.42 Å². The molecule has 1 unspecified atom stereocenters. The minimum atomic E-state index is 0. The smallest absolute Gasteiger partial charge is 0.0479 e. The molecule has 0 bridgehead atoms. The molecular weight excluding hydrogens is 291 g/mol. The van der Waals surface area contributed by atoms with Crippen LogP contribution in [-0.4, -0.2) is 43.0 Å². The zero-order valence-electron chi connectivity index (χ0n) is 10.4. The highest BCUT2D eigenvalue weighted by Gasteiger charge is 2.31. The summed E-state index contributed by atoms with van der Waals surface area (Å²) in [7, 11) is 2.20. The van der Waals surface area contributed by atoms with Gasteiger partial charge in [0.25, 0.3) is 0 Å². The Morgan fingerprint density at radius 2 is 1.94 bits per heavy atom. The molecule has 0 N–H and O–H groups in total. The lowest BCUT2D eigenvalue weighted by molar-refractivity contribution is 0.0826. The highest BCUT2D eigenvalue weighted by molar-refractivity contribution is 6.30. The Bertz CT molecular complexity index is 411. The molecule has 2 nitrogen and oxygen atoms in total. The van der Waals surface area contributed by atoms with Crippen molar-refractivity contribution in [1.82, 2.24) is 9.80 Å². The van der Waals surface area contributed by atoms with Gasteiger partial charge in [-0.1, -0.05) is 17.7 Å². The van der Waals surface area contributed by atoms with Gasteiger partial charge in [0.1, 0.15) is 0 Å². The Morgan fingerprint density at radius 1 is 1.17 bits per heavy atom. The predicted octanol–water partition coefficient (Wildman–Crippen LogP) is 3.03. The highest BCUT2D eigenvalue weighted by Crippen LogP contribution is 2.33. The summed E-state index contributed by atoms with van der Waals surface area (Å²) >= 11 is 6.11. The van der Waals surface area contributed by atoms with E-state index in [1.165, 1.54) is 37.2 Å². The number of rotatable bonds is 0. The van der Waals surface area contributed by atoms with Crippen LogP contribution in [0.2, 0.25) is 5.02 Å². The summed E-state index contributed by atoms with van der Waals surface area (Å²) in [5, 5.41) is 0.869. The molecule has 2 aliphatic heterocycles. The van der Waals surface area contributed by atoms with Crippen LogP contribution in [0.4, 0.5) is 0 Å². The molecule has 102 valence electrons.